The van der Waals surface area contributed by atoms with Gasteiger partial charge in [0.05, 0.1) is 17.6 Å². The lowest BCUT2D eigenvalue weighted by atomic mass is 10.0. The summed E-state index contributed by atoms with van der Waals surface area (Å²) in [4.78, 5) is 50.9. The number of imide groups is 1. The van der Waals surface area contributed by atoms with Crippen LogP contribution >= 0.6 is 0 Å². The van der Waals surface area contributed by atoms with Gasteiger partial charge in [0.25, 0.3) is 5.91 Å². The Bertz CT molecular complexity index is 1310. The van der Waals surface area contributed by atoms with Gasteiger partial charge >= 0.3 is 0 Å². The van der Waals surface area contributed by atoms with E-state index < -0.39 is 17.8 Å². The van der Waals surface area contributed by atoms with Crippen molar-refractivity contribution >= 4 is 34.4 Å². The summed E-state index contributed by atoms with van der Waals surface area (Å²) in [5.74, 6) is -0.719. The average Bonchev–Trinajstić information content (AvgIpc) is 3.40. The normalized spacial score (nSPS) is 21.1. The van der Waals surface area contributed by atoms with Crippen LogP contribution in [0.4, 0.5) is 10.1 Å². The number of carbonyl (C=O) groups excluding carboxylic acids is 3. The topological polar surface area (TPSA) is 102 Å². The highest BCUT2D eigenvalue weighted by atomic mass is 19.1. The van der Waals surface area contributed by atoms with Crippen molar-refractivity contribution in [2.75, 3.05) is 31.1 Å². The number of para-hydroxylation sites is 2. The van der Waals surface area contributed by atoms with Gasteiger partial charge in [-0.1, -0.05) is 12.1 Å². The number of piperazine rings is 1. The molecule has 0 bridgehead atoms. The van der Waals surface area contributed by atoms with Gasteiger partial charge in [-0.15, -0.1) is 0 Å². The molecule has 3 aliphatic heterocycles. The molecule has 0 saturated carbocycles. The minimum Gasteiger partial charge on any atom is -0.369 e. The molecule has 0 spiro atoms. The minimum atomic E-state index is -0.718. The number of hydrogen-bond donors (Lipinski definition) is 2. The van der Waals surface area contributed by atoms with Gasteiger partial charge in [-0.25, -0.2) is 9.37 Å². The molecule has 0 radical (unpaired) electrons. The summed E-state index contributed by atoms with van der Waals surface area (Å²) >= 11 is 0. The van der Waals surface area contributed by atoms with Crippen molar-refractivity contribution in [3.05, 3.63) is 59.2 Å². The van der Waals surface area contributed by atoms with Crippen molar-refractivity contribution in [1.29, 1.82) is 0 Å². The highest BCUT2D eigenvalue weighted by Gasteiger charge is 2.41. The van der Waals surface area contributed by atoms with E-state index in [1.165, 1.54) is 17.0 Å². The molecular weight excluding hydrogens is 451 g/mol. The largest absolute Gasteiger partial charge is 0.369 e. The monoisotopic (exact) mass is 476 g/mol. The van der Waals surface area contributed by atoms with Gasteiger partial charge in [-0.05, 0) is 30.7 Å². The van der Waals surface area contributed by atoms with Crippen molar-refractivity contribution in [1.82, 2.24) is 25.1 Å². The third-order valence-electron chi connectivity index (χ3n) is 7.12. The predicted octanol–water partition coefficient (Wildman–Crippen LogP) is 1.79. The summed E-state index contributed by atoms with van der Waals surface area (Å²) < 4.78 is 14.6. The van der Waals surface area contributed by atoms with Crippen molar-refractivity contribution in [3.8, 4) is 0 Å². The Labute approximate surface area is 200 Å². The molecular formula is C25H25FN6O3. The Balaban J connectivity index is 1.17. The highest BCUT2D eigenvalue weighted by molar-refractivity contribution is 6.06. The first-order valence-electron chi connectivity index (χ1n) is 11.8. The zero-order chi connectivity index (χ0) is 24.1. The van der Waals surface area contributed by atoms with Crippen LogP contribution in [0.1, 0.15) is 34.6 Å². The molecule has 2 N–H and O–H groups in total. The third kappa shape index (κ3) is 3.93. The number of nitrogens with one attached hydrogen (secondary N) is 2. The van der Waals surface area contributed by atoms with Gasteiger partial charge in [0.15, 0.2) is 0 Å². The fraction of sp³-hybridized carbons (Fsp3) is 0.360. The van der Waals surface area contributed by atoms with E-state index in [1.54, 1.807) is 0 Å². The molecule has 1 aromatic heterocycles. The molecule has 10 heteroatoms. The molecule has 2 saturated heterocycles. The number of anilines is 1. The first kappa shape index (κ1) is 21.7. The first-order chi connectivity index (χ1) is 17.0. The third-order valence-corrected chi connectivity index (χ3v) is 7.12. The van der Waals surface area contributed by atoms with E-state index in [9.17, 15) is 18.8 Å². The number of piperidine rings is 1. The van der Waals surface area contributed by atoms with Gasteiger partial charge < -0.3 is 14.8 Å². The molecule has 9 nitrogen and oxygen atoms in total. The van der Waals surface area contributed by atoms with Crippen LogP contribution < -0.4 is 10.2 Å². The molecule has 2 fully saturated rings. The van der Waals surface area contributed by atoms with E-state index in [2.05, 4.69) is 25.1 Å². The molecule has 4 heterocycles. The van der Waals surface area contributed by atoms with Gasteiger partial charge in [-0.3, -0.25) is 24.6 Å². The van der Waals surface area contributed by atoms with Crippen molar-refractivity contribution in [2.24, 2.45) is 0 Å². The quantitative estimate of drug-likeness (QED) is 0.557. The zero-order valence-corrected chi connectivity index (χ0v) is 19.1. The number of carbonyl (C=O) groups is 3. The molecule has 1 atom stereocenters. The number of halogens is 1. The van der Waals surface area contributed by atoms with Crippen molar-refractivity contribution < 1.29 is 18.8 Å². The fourth-order valence-corrected chi connectivity index (χ4v) is 5.33. The predicted molar refractivity (Wildman–Crippen MR) is 126 cm³/mol. The zero-order valence-electron chi connectivity index (χ0n) is 19.1. The van der Waals surface area contributed by atoms with E-state index in [1.807, 2.05) is 24.3 Å². The molecule has 35 heavy (non-hydrogen) atoms. The van der Waals surface area contributed by atoms with Crippen LogP contribution in [0.25, 0.3) is 11.0 Å². The van der Waals surface area contributed by atoms with Crippen LogP contribution in [-0.4, -0.2) is 69.7 Å². The molecule has 1 unspecified atom stereocenters. The Morgan fingerprint density at radius 3 is 2.63 bits per heavy atom. The average molecular weight is 477 g/mol. The number of benzene rings is 2. The van der Waals surface area contributed by atoms with Crippen LogP contribution in [0.2, 0.25) is 0 Å². The van der Waals surface area contributed by atoms with Gasteiger partial charge in [0.1, 0.15) is 17.7 Å². The maximum Gasteiger partial charge on any atom is 0.255 e. The van der Waals surface area contributed by atoms with Gasteiger partial charge in [0.2, 0.25) is 11.8 Å². The Kier molecular flexibility index (Phi) is 5.25. The number of rotatable bonds is 4. The van der Waals surface area contributed by atoms with Crippen molar-refractivity contribution in [2.45, 2.75) is 32.0 Å². The van der Waals surface area contributed by atoms with Gasteiger partial charge in [-0.2, -0.15) is 0 Å². The lowest BCUT2D eigenvalue weighted by molar-refractivity contribution is -0.136. The Morgan fingerprint density at radius 2 is 1.86 bits per heavy atom. The van der Waals surface area contributed by atoms with E-state index in [0.29, 0.717) is 30.9 Å². The van der Waals surface area contributed by atoms with Gasteiger partial charge in [0, 0.05) is 56.0 Å². The molecule has 2 aromatic carbocycles. The maximum absolute atomic E-state index is 14.6. The number of hydrogen-bond acceptors (Lipinski definition) is 6. The second kappa shape index (κ2) is 8.46. The minimum absolute atomic E-state index is 0.185. The number of nitrogens with zero attached hydrogens (tertiary/aromatic N) is 4. The van der Waals surface area contributed by atoms with Crippen LogP contribution in [0, 0.1) is 5.82 Å². The Morgan fingerprint density at radius 1 is 1.06 bits per heavy atom. The summed E-state index contributed by atoms with van der Waals surface area (Å²) in [6.07, 6.45) is 0.466. The molecule has 3 aliphatic rings. The fourth-order valence-electron chi connectivity index (χ4n) is 5.33. The van der Waals surface area contributed by atoms with Crippen LogP contribution in [0.15, 0.2) is 36.4 Å². The highest BCUT2D eigenvalue weighted by Crippen LogP contribution is 2.35. The van der Waals surface area contributed by atoms with E-state index in [-0.39, 0.29) is 31.2 Å². The van der Waals surface area contributed by atoms with Crippen LogP contribution in [0.5, 0.6) is 0 Å². The lowest BCUT2D eigenvalue weighted by Crippen LogP contribution is -2.52. The summed E-state index contributed by atoms with van der Waals surface area (Å²) in [6, 6.07) is 9.95. The number of amides is 3. The number of fused-ring (bicyclic) bond motifs is 2. The molecule has 180 valence electrons. The first-order valence-corrected chi connectivity index (χ1v) is 11.8. The molecule has 3 amide bonds. The second-order valence-corrected chi connectivity index (χ2v) is 9.31. The SMILES string of the molecule is O=C1CCC(N2Cc3c(cc(F)cc3N3CCN(Cc4nc5ccccc5[nH]4)CC3)C2=O)C(=O)N1. The number of aromatic nitrogens is 2. The van der Waals surface area contributed by atoms with E-state index >= 15 is 0 Å². The number of imidazole rings is 1. The summed E-state index contributed by atoms with van der Waals surface area (Å²) in [5.41, 5.74) is 3.70. The van der Waals surface area contributed by atoms with E-state index in [4.69, 9.17) is 0 Å². The van der Waals surface area contributed by atoms with Crippen molar-refractivity contribution in [3.63, 3.8) is 0 Å². The summed E-state index contributed by atoms with van der Waals surface area (Å²) in [7, 11) is 0. The molecule has 0 aliphatic carbocycles. The Hall–Kier alpha value is -3.79. The number of H-pyrrole nitrogens is 1. The van der Waals surface area contributed by atoms with Crippen LogP contribution in [0.3, 0.4) is 0 Å². The smallest absolute Gasteiger partial charge is 0.255 e. The summed E-state index contributed by atoms with van der Waals surface area (Å²) in [6.45, 7) is 3.84. The number of aromatic amines is 1. The second-order valence-electron chi connectivity index (χ2n) is 9.31. The van der Waals surface area contributed by atoms with Crippen LogP contribution in [-0.2, 0) is 22.7 Å². The lowest BCUT2D eigenvalue weighted by Gasteiger charge is -2.36. The maximum atomic E-state index is 14.6. The molecule has 6 rings (SSSR count). The molecule has 3 aromatic rings. The summed E-state index contributed by atoms with van der Waals surface area (Å²) in [5, 5.41) is 2.31. The standard InChI is InChI=1S/C25H25FN6O3/c26-15-11-16-17(13-32(25(16)35)20-5-6-23(33)29-24(20)34)21(12-15)31-9-7-30(8-10-31)14-22-27-18-3-1-2-4-19(18)28-22/h1-4,11-12,20H,5-10,13-14H2,(H,27,28)(H,29,33,34). The van der Waals surface area contributed by atoms with E-state index in [0.717, 1.165) is 35.5 Å².